The van der Waals surface area contributed by atoms with Crippen molar-refractivity contribution in [2.24, 2.45) is 0 Å². The second kappa shape index (κ2) is 7.97. The van der Waals surface area contributed by atoms with Crippen LogP contribution >= 0.6 is 11.6 Å². The van der Waals surface area contributed by atoms with Gasteiger partial charge in [0, 0.05) is 10.6 Å². The van der Waals surface area contributed by atoms with Gasteiger partial charge in [0.2, 0.25) is 0 Å². The first-order valence-corrected chi connectivity index (χ1v) is 8.00. The number of nitrogens with one attached hydrogen (secondary N) is 1. The molecule has 2 rings (SSSR count). The highest BCUT2D eigenvalue weighted by molar-refractivity contribution is 6.31. The Morgan fingerprint density at radius 2 is 1.83 bits per heavy atom. The van der Waals surface area contributed by atoms with Crippen molar-refractivity contribution in [2.75, 3.05) is 7.11 Å². The topological polar surface area (TPSA) is 55.4 Å². The molecule has 0 fully saturated rings. The van der Waals surface area contributed by atoms with Crippen molar-refractivity contribution >= 4 is 23.5 Å². The number of hydrogen-bond donors (Lipinski definition) is 1. The van der Waals surface area contributed by atoms with Crippen LogP contribution < -0.4 is 5.32 Å². The number of esters is 1. The minimum absolute atomic E-state index is 0.0108. The third-order valence-electron chi connectivity index (χ3n) is 4.03. The number of benzene rings is 2. The second-order valence-electron chi connectivity index (χ2n) is 5.58. The Hall–Kier alpha value is -2.33. The highest BCUT2D eigenvalue weighted by atomic mass is 35.5. The van der Waals surface area contributed by atoms with Crippen LogP contribution in [0.3, 0.4) is 0 Å². The normalized spacial score (nSPS) is 11.7. The summed E-state index contributed by atoms with van der Waals surface area (Å²) in [6, 6.07) is 12.1. The molecule has 0 aliphatic rings. The molecule has 0 spiro atoms. The van der Waals surface area contributed by atoms with E-state index in [4.69, 9.17) is 16.3 Å². The summed E-state index contributed by atoms with van der Waals surface area (Å²) >= 11 is 6.23. The van der Waals surface area contributed by atoms with Gasteiger partial charge >= 0.3 is 5.97 Å². The molecule has 0 aliphatic carbocycles. The standard InChI is InChI=1S/C19H20ClNO3/c1-12-7-6-9-14(13(12)2)19(23)21-17(11-18(22)24-3)15-8-4-5-10-16(15)20/h4-10,17H,11H2,1-3H3,(H,21,23). The van der Waals surface area contributed by atoms with Crippen molar-refractivity contribution in [2.45, 2.75) is 26.3 Å². The minimum atomic E-state index is -0.557. The van der Waals surface area contributed by atoms with Crippen LogP contribution in [0, 0.1) is 13.8 Å². The minimum Gasteiger partial charge on any atom is -0.469 e. The number of methoxy groups -OCH3 is 1. The number of carbonyl (C=O) groups is 2. The molecule has 0 saturated carbocycles. The molecule has 0 aliphatic heterocycles. The van der Waals surface area contributed by atoms with Crippen molar-refractivity contribution in [3.63, 3.8) is 0 Å². The van der Waals surface area contributed by atoms with E-state index in [1.807, 2.05) is 32.0 Å². The first-order chi connectivity index (χ1) is 11.4. The molecule has 0 heterocycles. The fraction of sp³-hybridized carbons (Fsp3) is 0.263. The van der Waals surface area contributed by atoms with E-state index >= 15 is 0 Å². The zero-order valence-electron chi connectivity index (χ0n) is 13.9. The molecular formula is C19H20ClNO3. The number of halogens is 1. The molecule has 2 aromatic carbocycles. The number of aryl methyl sites for hydroxylation is 1. The Morgan fingerprint density at radius 1 is 1.12 bits per heavy atom. The van der Waals surface area contributed by atoms with Gasteiger partial charge in [0.15, 0.2) is 0 Å². The van der Waals surface area contributed by atoms with Gasteiger partial charge in [0.05, 0.1) is 19.6 Å². The van der Waals surface area contributed by atoms with Crippen LogP contribution in [0.1, 0.15) is 39.5 Å². The van der Waals surface area contributed by atoms with Gasteiger partial charge in [-0.1, -0.05) is 41.9 Å². The predicted octanol–water partition coefficient (Wildman–Crippen LogP) is 3.99. The molecule has 1 N–H and O–H groups in total. The largest absolute Gasteiger partial charge is 0.469 e. The van der Waals surface area contributed by atoms with Gasteiger partial charge in [-0.25, -0.2) is 0 Å². The van der Waals surface area contributed by atoms with E-state index < -0.39 is 12.0 Å². The Balaban J connectivity index is 2.31. The lowest BCUT2D eigenvalue weighted by atomic mass is 10.00. The van der Waals surface area contributed by atoms with Crippen molar-refractivity contribution in [1.29, 1.82) is 0 Å². The third-order valence-corrected chi connectivity index (χ3v) is 4.38. The van der Waals surface area contributed by atoms with Crippen molar-refractivity contribution < 1.29 is 14.3 Å². The molecule has 126 valence electrons. The molecule has 1 atom stereocenters. The average Bonchev–Trinajstić information content (AvgIpc) is 2.57. The number of ether oxygens (including phenoxy) is 1. The van der Waals surface area contributed by atoms with Gasteiger partial charge in [-0.2, -0.15) is 0 Å². The summed E-state index contributed by atoms with van der Waals surface area (Å²) in [5.41, 5.74) is 3.20. The van der Waals surface area contributed by atoms with Crippen LogP contribution in [-0.4, -0.2) is 19.0 Å². The van der Waals surface area contributed by atoms with Crippen LogP contribution in [0.5, 0.6) is 0 Å². The average molecular weight is 346 g/mol. The Bertz CT molecular complexity index is 758. The summed E-state index contributed by atoms with van der Waals surface area (Å²) in [7, 11) is 1.32. The summed E-state index contributed by atoms with van der Waals surface area (Å²) in [6.07, 6.45) is 0.0108. The SMILES string of the molecule is COC(=O)CC(NC(=O)c1cccc(C)c1C)c1ccccc1Cl. The molecule has 1 unspecified atom stereocenters. The van der Waals surface area contributed by atoms with Crippen molar-refractivity contribution in [3.05, 3.63) is 69.7 Å². The van der Waals surface area contributed by atoms with Crippen LogP contribution in [0.15, 0.2) is 42.5 Å². The zero-order valence-corrected chi connectivity index (χ0v) is 14.7. The fourth-order valence-electron chi connectivity index (χ4n) is 2.48. The summed E-state index contributed by atoms with van der Waals surface area (Å²) in [6.45, 7) is 3.85. The monoisotopic (exact) mass is 345 g/mol. The molecule has 0 bridgehead atoms. The van der Waals surface area contributed by atoms with E-state index in [0.717, 1.165) is 11.1 Å². The van der Waals surface area contributed by atoms with E-state index in [9.17, 15) is 9.59 Å². The summed E-state index contributed by atoms with van der Waals surface area (Å²) < 4.78 is 4.74. The smallest absolute Gasteiger partial charge is 0.307 e. The summed E-state index contributed by atoms with van der Waals surface area (Å²) in [4.78, 5) is 24.4. The lowest BCUT2D eigenvalue weighted by Gasteiger charge is -2.20. The second-order valence-corrected chi connectivity index (χ2v) is 5.98. The lowest BCUT2D eigenvalue weighted by molar-refractivity contribution is -0.141. The van der Waals surface area contributed by atoms with Crippen LogP contribution in [0.2, 0.25) is 5.02 Å². The van der Waals surface area contributed by atoms with Gasteiger partial charge in [-0.05, 0) is 42.7 Å². The van der Waals surface area contributed by atoms with Gasteiger partial charge < -0.3 is 10.1 Å². The van der Waals surface area contributed by atoms with Crippen LogP contribution in [0.25, 0.3) is 0 Å². The van der Waals surface area contributed by atoms with Gasteiger partial charge in [-0.3, -0.25) is 9.59 Å². The molecule has 4 nitrogen and oxygen atoms in total. The summed E-state index contributed by atoms with van der Waals surface area (Å²) in [5, 5.41) is 3.39. The van der Waals surface area contributed by atoms with Gasteiger partial charge in [-0.15, -0.1) is 0 Å². The Labute approximate surface area is 146 Å². The number of rotatable bonds is 5. The highest BCUT2D eigenvalue weighted by Crippen LogP contribution is 2.26. The molecule has 2 aromatic rings. The van der Waals surface area contributed by atoms with E-state index in [0.29, 0.717) is 16.1 Å². The lowest BCUT2D eigenvalue weighted by Crippen LogP contribution is -2.31. The molecule has 24 heavy (non-hydrogen) atoms. The number of carbonyl (C=O) groups excluding carboxylic acids is 2. The van der Waals surface area contributed by atoms with E-state index in [2.05, 4.69) is 5.32 Å². The first kappa shape index (κ1) is 18.0. The van der Waals surface area contributed by atoms with Crippen molar-refractivity contribution in [3.8, 4) is 0 Å². The molecule has 0 aromatic heterocycles. The van der Waals surface area contributed by atoms with E-state index in [1.165, 1.54) is 7.11 Å². The van der Waals surface area contributed by atoms with E-state index in [1.54, 1.807) is 24.3 Å². The highest BCUT2D eigenvalue weighted by Gasteiger charge is 2.22. The molecule has 0 radical (unpaired) electrons. The molecular weight excluding hydrogens is 326 g/mol. The quantitative estimate of drug-likeness (QED) is 0.833. The van der Waals surface area contributed by atoms with Gasteiger partial charge in [0.25, 0.3) is 5.91 Å². The van der Waals surface area contributed by atoms with E-state index in [-0.39, 0.29) is 12.3 Å². The Kier molecular flexibility index (Phi) is 5.99. The first-order valence-electron chi connectivity index (χ1n) is 7.62. The molecule has 5 heteroatoms. The predicted molar refractivity (Wildman–Crippen MR) is 94.2 cm³/mol. The van der Waals surface area contributed by atoms with Crippen LogP contribution in [0.4, 0.5) is 0 Å². The maximum Gasteiger partial charge on any atom is 0.307 e. The molecule has 0 saturated heterocycles. The van der Waals surface area contributed by atoms with Gasteiger partial charge in [0.1, 0.15) is 0 Å². The maximum absolute atomic E-state index is 12.7. The van der Waals surface area contributed by atoms with Crippen LogP contribution in [-0.2, 0) is 9.53 Å². The zero-order chi connectivity index (χ0) is 17.7. The summed E-state index contributed by atoms with van der Waals surface area (Å²) in [5.74, 6) is -0.661. The van der Waals surface area contributed by atoms with Crippen molar-refractivity contribution in [1.82, 2.24) is 5.32 Å². The molecule has 1 amide bonds. The fourth-order valence-corrected chi connectivity index (χ4v) is 2.75. The maximum atomic E-state index is 12.7. The number of hydrogen-bond acceptors (Lipinski definition) is 3. The third kappa shape index (κ3) is 4.15. The number of amides is 1. The Morgan fingerprint density at radius 3 is 2.50 bits per heavy atom.